The molecule has 4 nitrogen and oxygen atoms in total. The molecular weight excluding hydrogens is 174 g/mol. The number of carbonyl (C=O) groups excluding carboxylic acids is 1. The quantitative estimate of drug-likeness (QED) is 0.486. The molecule has 12 heavy (non-hydrogen) atoms. The fourth-order valence-corrected chi connectivity index (χ4v) is 0.561. The van der Waals surface area contributed by atoms with E-state index in [2.05, 4.69) is 0 Å². The Bertz CT molecular complexity index is 160. The maximum atomic E-state index is 12.3. The lowest BCUT2D eigenvalue weighted by Gasteiger charge is -2.23. The van der Waals surface area contributed by atoms with Crippen LogP contribution in [0.15, 0.2) is 0 Å². The molecule has 0 aliphatic carbocycles. The molecule has 0 fully saturated rings. The van der Waals surface area contributed by atoms with Crippen LogP contribution in [0, 0.1) is 0 Å². The van der Waals surface area contributed by atoms with Gasteiger partial charge in [-0.15, -0.1) is 0 Å². The van der Waals surface area contributed by atoms with Crippen LogP contribution in [0.1, 0.15) is 6.92 Å². The SMILES string of the molecule is C[C@H](O)[C@@H](O)[C@@H](O)C(F)(F)C=O. The van der Waals surface area contributed by atoms with Crippen molar-refractivity contribution in [3.8, 4) is 0 Å². The summed E-state index contributed by atoms with van der Waals surface area (Å²) in [7, 11) is 0. The fraction of sp³-hybridized carbons (Fsp3) is 0.833. The number of aliphatic hydroxyl groups is 3. The number of carbonyl (C=O) groups is 1. The predicted molar refractivity (Wildman–Crippen MR) is 34.7 cm³/mol. The van der Waals surface area contributed by atoms with Crippen molar-refractivity contribution in [1.82, 2.24) is 0 Å². The van der Waals surface area contributed by atoms with E-state index in [1.165, 1.54) is 0 Å². The molecule has 0 rings (SSSR count). The van der Waals surface area contributed by atoms with Crippen LogP contribution in [0.5, 0.6) is 0 Å². The van der Waals surface area contributed by atoms with Gasteiger partial charge in [-0.1, -0.05) is 0 Å². The van der Waals surface area contributed by atoms with E-state index in [1.54, 1.807) is 0 Å². The molecule has 0 aromatic carbocycles. The zero-order valence-corrected chi connectivity index (χ0v) is 6.32. The van der Waals surface area contributed by atoms with Crippen molar-refractivity contribution in [1.29, 1.82) is 0 Å². The summed E-state index contributed by atoms with van der Waals surface area (Å²) in [6.07, 6.45) is -6.91. The van der Waals surface area contributed by atoms with E-state index < -0.39 is 30.5 Å². The number of alkyl halides is 2. The first kappa shape index (κ1) is 11.4. The van der Waals surface area contributed by atoms with Crippen LogP contribution >= 0.6 is 0 Å². The van der Waals surface area contributed by atoms with Gasteiger partial charge in [0, 0.05) is 0 Å². The van der Waals surface area contributed by atoms with Crippen LogP contribution in [0.2, 0.25) is 0 Å². The minimum Gasteiger partial charge on any atom is -0.391 e. The number of hydrogen-bond donors (Lipinski definition) is 3. The topological polar surface area (TPSA) is 77.8 Å². The van der Waals surface area contributed by atoms with Crippen LogP contribution in [-0.4, -0.2) is 45.8 Å². The standard InChI is InChI=1S/C6H10F2O4/c1-3(10)4(11)5(12)6(7,8)2-9/h2-5,10-12H,1H3/t3-,4+,5+/m0/s1. The summed E-state index contributed by atoms with van der Waals surface area (Å²) < 4.78 is 24.5. The van der Waals surface area contributed by atoms with Gasteiger partial charge < -0.3 is 15.3 Å². The van der Waals surface area contributed by atoms with Crippen molar-refractivity contribution < 1.29 is 28.9 Å². The Morgan fingerprint density at radius 3 is 2.00 bits per heavy atom. The van der Waals surface area contributed by atoms with E-state index in [9.17, 15) is 13.6 Å². The third kappa shape index (κ3) is 2.47. The molecule has 0 saturated heterocycles. The molecule has 0 unspecified atom stereocenters. The van der Waals surface area contributed by atoms with E-state index in [4.69, 9.17) is 15.3 Å². The minimum atomic E-state index is -4.03. The average Bonchev–Trinajstić information content (AvgIpc) is 2.01. The van der Waals surface area contributed by atoms with E-state index in [0.717, 1.165) is 6.92 Å². The second-order valence-corrected chi connectivity index (χ2v) is 2.47. The maximum absolute atomic E-state index is 12.3. The predicted octanol–water partition coefficient (Wildman–Crippen LogP) is -1.08. The third-order valence-electron chi connectivity index (χ3n) is 1.37. The van der Waals surface area contributed by atoms with Gasteiger partial charge in [0.15, 0.2) is 12.4 Å². The van der Waals surface area contributed by atoms with Gasteiger partial charge in [-0.25, -0.2) is 0 Å². The molecule has 0 spiro atoms. The van der Waals surface area contributed by atoms with E-state index in [0.29, 0.717) is 0 Å². The van der Waals surface area contributed by atoms with Gasteiger partial charge in [0.05, 0.1) is 6.10 Å². The lowest BCUT2D eigenvalue weighted by atomic mass is 10.0. The first-order valence-electron chi connectivity index (χ1n) is 3.21. The molecule has 0 amide bonds. The molecule has 0 radical (unpaired) electrons. The summed E-state index contributed by atoms with van der Waals surface area (Å²) in [6.45, 7) is 1.02. The molecule has 0 aliphatic heterocycles. The highest BCUT2D eigenvalue weighted by molar-refractivity contribution is 5.60. The maximum Gasteiger partial charge on any atom is 0.330 e. The summed E-state index contributed by atoms with van der Waals surface area (Å²) in [6, 6.07) is 0. The smallest absolute Gasteiger partial charge is 0.330 e. The van der Waals surface area contributed by atoms with Crippen LogP contribution in [0.3, 0.4) is 0 Å². The van der Waals surface area contributed by atoms with Crippen molar-refractivity contribution >= 4 is 6.29 Å². The van der Waals surface area contributed by atoms with Crippen LogP contribution < -0.4 is 0 Å². The first-order valence-corrected chi connectivity index (χ1v) is 3.21. The molecular formula is C6H10F2O4. The molecule has 0 saturated carbocycles. The van der Waals surface area contributed by atoms with Gasteiger partial charge in [-0.3, -0.25) is 4.79 Å². The number of rotatable bonds is 4. The Kier molecular flexibility index (Phi) is 3.69. The zero-order valence-electron chi connectivity index (χ0n) is 6.32. The normalized spacial score (nSPS) is 19.8. The molecule has 0 aromatic rings. The molecule has 3 atom stereocenters. The fourth-order valence-electron chi connectivity index (χ4n) is 0.561. The zero-order chi connectivity index (χ0) is 9.94. The lowest BCUT2D eigenvalue weighted by molar-refractivity contribution is -0.173. The monoisotopic (exact) mass is 184 g/mol. The molecule has 72 valence electrons. The number of aliphatic hydroxyl groups excluding tert-OH is 3. The largest absolute Gasteiger partial charge is 0.391 e. The number of halogens is 2. The van der Waals surface area contributed by atoms with Crippen LogP contribution in [0.4, 0.5) is 8.78 Å². The van der Waals surface area contributed by atoms with Gasteiger partial charge in [-0.05, 0) is 6.92 Å². The Morgan fingerprint density at radius 2 is 1.75 bits per heavy atom. The molecule has 0 heterocycles. The molecule has 0 bridgehead atoms. The molecule has 0 aliphatic rings. The second-order valence-electron chi connectivity index (χ2n) is 2.47. The first-order chi connectivity index (χ1) is 5.33. The third-order valence-corrected chi connectivity index (χ3v) is 1.37. The summed E-state index contributed by atoms with van der Waals surface area (Å²) in [5.74, 6) is -4.03. The highest BCUT2D eigenvalue weighted by Crippen LogP contribution is 2.19. The second kappa shape index (κ2) is 3.88. The Balaban J connectivity index is 4.37. The minimum absolute atomic E-state index is 0.775. The van der Waals surface area contributed by atoms with Gasteiger partial charge in [0.2, 0.25) is 0 Å². The van der Waals surface area contributed by atoms with Gasteiger partial charge in [0.1, 0.15) is 6.10 Å². The molecule has 6 heteroatoms. The van der Waals surface area contributed by atoms with Crippen molar-refractivity contribution in [2.45, 2.75) is 31.2 Å². The summed E-state index contributed by atoms with van der Waals surface area (Å²) in [5.41, 5.74) is 0. The summed E-state index contributed by atoms with van der Waals surface area (Å²) in [5, 5.41) is 25.9. The Morgan fingerprint density at radius 1 is 1.33 bits per heavy atom. The highest BCUT2D eigenvalue weighted by atomic mass is 19.3. The van der Waals surface area contributed by atoms with E-state index in [-0.39, 0.29) is 0 Å². The highest BCUT2D eigenvalue weighted by Gasteiger charge is 2.44. The van der Waals surface area contributed by atoms with Gasteiger partial charge in [0.25, 0.3) is 0 Å². The summed E-state index contributed by atoms with van der Waals surface area (Å²) in [4.78, 5) is 9.69. The number of hydrogen-bond acceptors (Lipinski definition) is 4. The summed E-state index contributed by atoms with van der Waals surface area (Å²) >= 11 is 0. The van der Waals surface area contributed by atoms with Crippen LogP contribution in [-0.2, 0) is 4.79 Å². The van der Waals surface area contributed by atoms with Crippen molar-refractivity contribution in [2.24, 2.45) is 0 Å². The van der Waals surface area contributed by atoms with E-state index >= 15 is 0 Å². The average molecular weight is 184 g/mol. The Hall–Kier alpha value is -0.590. The van der Waals surface area contributed by atoms with Gasteiger partial charge >= 0.3 is 5.92 Å². The molecule has 0 aromatic heterocycles. The van der Waals surface area contributed by atoms with Gasteiger partial charge in [-0.2, -0.15) is 8.78 Å². The number of aldehydes is 1. The van der Waals surface area contributed by atoms with Crippen molar-refractivity contribution in [3.05, 3.63) is 0 Å². The lowest BCUT2D eigenvalue weighted by Crippen LogP contribution is -2.48. The van der Waals surface area contributed by atoms with E-state index in [1.807, 2.05) is 0 Å². The Labute approximate surface area is 67.4 Å². The van der Waals surface area contributed by atoms with Crippen LogP contribution in [0.25, 0.3) is 0 Å². The van der Waals surface area contributed by atoms with Crippen molar-refractivity contribution in [2.75, 3.05) is 0 Å². The molecule has 3 N–H and O–H groups in total. The van der Waals surface area contributed by atoms with Crippen molar-refractivity contribution in [3.63, 3.8) is 0 Å².